The Balaban J connectivity index is 1.68. The fraction of sp³-hybridized carbons (Fsp3) is 0.900. The van der Waals surface area contributed by atoms with E-state index in [2.05, 4.69) is 19.1 Å². The minimum atomic E-state index is -4.52. The quantitative estimate of drug-likeness (QED) is 0.577. The smallest absolute Gasteiger partial charge is 0.380 e. The number of alkyl halides is 3. The molecule has 0 heterocycles. The van der Waals surface area contributed by atoms with Crippen LogP contribution in [0, 0.1) is 34.5 Å². The van der Waals surface area contributed by atoms with Crippen molar-refractivity contribution < 1.29 is 18.3 Å². The third kappa shape index (κ3) is 1.92. The summed E-state index contributed by atoms with van der Waals surface area (Å²) in [7, 11) is 0. The molecule has 0 spiro atoms. The van der Waals surface area contributed by atoms with Gasteiger partial charge in [0.1, 0.15) is 0 Å². The molecule has 0 aromatic heterocycles. The molecule has 24 heavy (non-hydrogen) atoms. The summed E-state index contributed by atoms with van der Waals surface area (Å²) < 4.78 is 41.0. The molecule has 3 fully saturated rings. The first-order valence-electron chi connectivity index (χ1n) is 9.57. The van der Waals surface area contributed by atoms with Crippen LogP contribution >= 0.6 is 0 Å². The number of aliphatic hydroxyl groups is 1. The average molecular weight is 342 g/mol. The minimum Gasteiger partial charge on any atom is -0.380 e. The number of fused-ring (bicyclic) bond motifs is 5. The molecule has 4 aliphatic carbocycles. The lowest BCUT2D eigenvalue weighted by atomic mass is 9.45. The van der Waals surface area contributed by atoms with Crippen LogP contribution in [0.25, 0.3) is 0 Å². The zero-order chi connectivity index (χ0) is 17.4. The molecular formula is C20H29F3O. The van der Waals surface area contributed by atoms with Crippen LogP contribution in [0.3, 0.4) is 0 Å². The van der Waals surface area contributed by atoms with Crippen LogP contribution in [0.15, 0.2) is 12.2 Å². The molecule has 4 aliphatic rings. The average Bonchev–Trinajstić information content (AvgIpc) is 2.79. The van der Waals surface area contributed by atoms with Crippen LogP contribution in [0.5, 0.6) is 0 Å². The highest BCUT2D eigenvalue weighted by Gasteiger charge is 2.72. The van der Waals surface area contributed by atoms with Gasteiger partial charge in [-0.05, 0) is 80.5 Å². The molecule has 0 aromatic rings. The van der Waals surface area contributed by atoms with Crippen molar-refractivity contribution in [2.24, 2.45) is 34.5 Å². The summed E-state index contributed by atoms with van der Waals surface area (Å²) in [6.45, 7) is 4.11. The van der Waals surface area contributed by atoms with Gasteiger partial charge in [-0.25, -0.2) is 0 Å². The largest absolute Gasteiger partial charge is 0.417 e. The first-order chi connectivity index (χ1) is 11.1. The summed E-state index contributed by atoms with van der Waals surface area (Å²) in [6, 6.07) is 0. The molecule has 0 bridgehead atoms. The summed E-state index contributed by atoms with van der Waals surface area (Å²) in [5, 5.41) is 10.6. The Morgan fingerprint density at radius 2 is 1.67 bits per heavy atom. The highest BCUT2D eigenvalue weighted by atomic mass is 19.4. The maximum Gasteiger partial charge on any atom is 0.417 e. The molecule has 0 aliphatic heterocycles. The van der Waals surface area contributed by atoms with Gasteiger partial charge >= 0.3 is 6.18 Å². The van der Waals surface area contributed by atoms with E-state index in [1.807, 2.05) is 0 Å². The first kappa shape index (κ1) is 16.9. The zero-order valence-corrected chi connectivity index (χ0v) is 14.7. The highest BCUT2D eigenvalue weighted by molar-refractivity contribution is 5.17. The van der Waals surface area contributed by atoms with E-state index in [0.29, 0.717) is 30.6 Å². The van der Waals surface area contributed by atoms with Crippen LogP contribution in [0.2, 0.25) is 0 Å². The van der Waals surface area contributed by atoms with Crippen LogP contribution in [-0.4, -0.2) is 16.9 Å². The van der Waals surface area contributed by atoms with Crippen LogP contribution in [0.4, 0.5) is 13.2 Å². The van der Waals surface area contributed by atoms with Crippen molar-refractivity contribution >= 4 is 0 Å². The summed E-state index contributed by atoms with van der Waals surface area (Å²) in [6.07, 6.45) is 6.23. The Labute approximate surface area is 142 Å². The number of hydrogen-bond donors (Lipinski definition) is 1. The maximum atomic E-state index is 13.7. The number of rotatable bonds is 0. The van der Waals surface area contributed by atoms with E-state index in [9.17, 15) is 18.3 Å². The Morgan fingerprint density at radius 3 is 2.38 bits per heavy atom. The molecule has 7 atom stereocenters. The van der Waals surface area contributed by atoms with Crippen LogP contribution < -0.4 is 0 Å². The Bertz CT molecular complexity index is 556. The summed E-state index contributed by atoms with van der Waals surface area (Å²) in [5.41, 5.74) is -3.24. The molecule has 3 saturated carbocycles. The molecule has 0 aromatic carbocycles. The Kier molecular flexibility index (Phi) is 3.54. The van der Waals surface area contributed by atoms with E-state index in [1.54, 1.807) is 6.92 Å². The van der Waals surface area contributed by atoms with Crippen LogP contribution in [-0.2, 0) is 0 Å². The summed E-state index contributed by atoms with van der Waals surface area (Å²) >= 11 is 0. The van der Waals surface area contributed by atoms with Crippen molar-refractivity contribution in [3.8, 4) is 0 Å². The molecule has 0 amide bonds. The zero-order valence-electron chi connectivity index (χ0n) is 14.7. The van der Waals surface area contributed by atoms with Gasteiger partial charge in [0, 0.05) is 5.41 Å². The lowest BCUT2D eigenvalue weighted by Gasteiger charge is -2.60. The van der Waals surface area contributed by atoms with E-state index >= 15 is 0 Å². The summed E-state index contributed by atoms with van der Waals surface area (Å²) in [4.78, 5) is 0. The molecule has 4 heteroatoms. The van der Waals surface area contributed by atoms with E-state index in [4.69, 9.17) is 0 Å². The summed E-state index contributed by atoms with van der Waals surface area (Å²) in [5.74, 6) is 1.59. The van der Waals surface area contributed by atoms with Crippen molar-refractivity contribution in [3.63, 3.8) is 0 Å². The number of allylic oxidation sites excluding steroid dienone is 2. The minimum absolute atomic E-state index is 0.0200. The second-order valence-corrected chi connectivity index (χ2v) is 9.42. The SMILES string of the molecule is C[C@]12CCC3C(CC[C@@H]4CC=CC[C@]34C)C1CC[C@@]2(O)C(F)(F)F. The van der Waals surface area contributed by atoms with Crippen molar-refractivity contribution in [1.82, 2.24) is 0 Å². The molecular weight excluding hydrogens is 313 g/mol. The second-order valence-electron chi connectivity index (χ2n) is 9.42. The fourth-order valence-electron chi connectivity index (χ4n) is 7.32. The van der Waals surface area contributed by atoms with Gasteiger partial charge in [0.2, 0.25) is 0 Å². The van der Waals surface area contributed by atoms with Crippen molar-refractivity contribution in [1.29, 1.82) is 0 Å². The van der Waals surface area contributed by atoms with Gasteiger partial charge in [-0.15, -0.1) is 0 Å². The van der Waals surface area contributed by atoms with E-state index in [1.165, 1.54) is 0 Å². The monoisotopic (exact) mass is 342 g/mol. The highest BCUT2D eigenvalue weighted by Crippen LogP contribution is 2.69. The van der Waals surface area contributed by atoms with Crippen molar-refractivity contribution in [2.45, 2.75) is 77.0 Å². The predicted octanol–water partition coefficient (Wildman–Crippen LogP) is 5.49. The standard InChI is InChI=1S/C20H29F3O/c1-17-10-4-3-5-13(17)6-7-14-15(17)8-11-18(2)16(14)9-12-19(18,24)20(21,22)23/h3-4,13-16,24H,5-12H2,1-2H3/t13-,14?,15?,16?,17-,18-,19-/m0/s1. The number of halogens is 3. The molecule has 0 saturated heterocycles. The fourth-order valence-corrected chi connectivity index (χ4v) is 7.32. The van der Waals surface area contributed by atoms with Crippen molar-refractivity contribution in [3.05, 3.63) is 12.2 Å². The lowest BCUT2D eigenvalue weighted by Crippen LogP contribution is -2.60. The van der Waals surface area contributed by atoms with E-state index < -0.39 is 17.2 Å². The predicted molar refractivity (Wildman–Crippen MR) is 87.3 cm³/mol. The van der Waals surface area contributed by atoms with Gasteiger partial charge < -0.3 is 5.11 Å². The van der Waals surface area contributed by atoms with E-state index in [0.717, 1.165) is 32.1 Å². The topological polar surface area (TPSA) is 20.2 Å². The van der Waals surface area contributed by atoms with Gasteiger partial charge in [0.15, 0.2) is 5.60 Å². The maximum absolute atomic E-state index is 13.7. The van der Waals surface area contributed by atoms with E-state index in [-0.39, 0.29) is 17.8 Å². The van der Waals surface area contributed by atoms with Gasteiger partial charge in [-0.2, -0.15) is 13.2 Å². The molecule has 1 N–H and O–H groups in total. The van der Waals surface area contributed by atoms with Gasteiger partial charge in [0.25, 0.3) is 0 Å². The Hall–Kier alpha value is -0.510. The third-order valence-electron chi connectivity index (χ3n) is 8.83. The molecule has 136 valence electrons. The lowest BCUT2D eigenvalue weighted by molar-refractivity contribution is -0.304. The van der Waals surface area contributed by atoms with Crippen molar-refractivity contribution in [2.75, 3.05) is 0 Å². The normalized spacial score (nSPS) is 54.1. The van der Waals surface area contributed by atoms with Gasteiger partial charge in [-0.1, -0.05) is 26.0 Å². The van der Waals surface area contributed by atoms with Gasteiger partial charge in [-0.3, -0.25) is 0 Å². The molecule has 0 radical (unpaired) electrons. The molecule has 3 unspecified atom stereocenters. The molecule has 4 rings (SSSR count). The second kappa shape index (κ2) is 5.02. The number of hydrogen-bond acceptors (Lipinski definition) is 1. The third-order valence-corrected chi connectivity index (χ3v) is 8.83. The van der Waals surface area contributed by atoms with Crippen LogP contribution in [0.1, 0.15) is 65.2 Å². The first-order valence-corrected chi connectivity index (χ1v) is 9.57. The van der Waals surface area contributed by atoms with Gasteiger partial charge in [0.05, 0.1) is 0 Å². The Morgan fingerprint density at radius 1 is 0.958 bits per heavy atom. The molecule has 1 nitrogen and oxygen atoms in total.